The fraction of sp³-hybridized carbons (Fsp3) is 0.909. The van der Waals surface area contributed by atoms with Crippen molar-refractivity contribution in [1.29, 1.82) is 0 Å². The molecule has 1 atom stereocenters. The Balaban J connectivity index is 2.38. The molecule has 1 aliphatic rings. The molecule has 0 aromatic rings. The highest BCUT2D eigenvalue weighted by Gasteiger charge is 2.22. The second-order valence-electron chi connectivity index (χ2n) is 4.59. The first-order valence-corrected chi connectivity index (χ1v) is 5.70. The summed E-state index contributed by atoms with van der Waals surface area (Å²) in [6.07, 6.45) is 3.97. The summed E-state index contributed by atoms with van der Waals surface area (Å²) in [7, 11) is 4.15. The average molecular weight is 214 g/mol. The lowest BCUT2D eigenvalue weighted by molar-refractivity contribution is -0.137. The number of nitrogens with zero attached hydrogens (tertiary/aromatic N) is 2. The first kappa shape index (κ1) is 12.5. The molecule has 0 amide bonds. The number of likely N-dealkylation sites (N-methyl/N-ethyl adjacent to an activating group) is 1. The Morgan fingerprint density at radius 1 is 1.47 bits per heavy atom. The number of rotatable bonds is 5. The van der Waals surface area contributed by atoms with E-state index in [1.807, 2.05) is 0 Å². The minimum atomic E-state index is -0.691. The van der Waals surface area contributed by atoms with Gasteiger partial charge in [0, 0.05) is 19.1 Å². The molecule has 1 aliphatic heterocycles. The predicted octanol–water partition coefficient (Wildman–Crippen LogP) is 0.877. The quantitative estimate of drug-likeness (QED) is 0.738. The van der Waals surface area contributed by atoms with Crippen LogP contribution in [0.2, 0.25) is 0 Å². The molecule has 1 fully saturated rings. The van der Waals surface area contributed by atoms with Crippen LogP contribution in [0.4, 0.5) is 0 Å². The molecule has 0 aliphatic carbocycles. The van der Waals surface area contributed by atoms with E-state index in [-0.39, 0.29) is 6.42 Å². The number of piperidine rings is 1. The zero-order valence-electron chi connectivity index (χ0n) is 9.78. The predicted molar refractivity (Wildman–Crippen MR) is 60.0 cm³/mol. The maximum Gasteiger partial charge on any atom is 0.304 e. The molecule has 1 saturated heterocycles. The third-order valence-corrected chi connectivity index (χ3v) is 2.94. The van der Waals surface area contributed by atoms with Crippen molar-refractivity contribution in [2.75, 3.05) is 33.7 Å². The summed E-state index contributed by atoms with van der Waals surface area (Å²) in [6.45, 7) is 2.80. The van der Waals surface area contributed by atoms with Crippen molar-refractivity contribution in [1.82, 2.24) is 9.80 Å². The number of hydrogen-bond donors (Lipinski definition) is 1. The minimum Gasteiger partial charge on any atom is -0.481 e. The Morgan fingerprint density at radius 3 is 2.80 bits per heavy atom. The van der Waals surface area contributed by atoms with Crippen LogP contribution in [-0.2, 0) is 4.79 Å². The maximum absolute atomic E-state index is 10.5. The van der Waals surface area contributed by atoms with E-state index in [2.05, 4.69) is 23.9 Å². The Kier molecular flexibility index (Phi) is 5.05. The van der Waals surface area contributed by atoms with Crippen molar-refractivity contribution in [3.63, 3.8) is 0 Å². The van der Waals surface area contributed by atoms with Gasteiger partial charge in [-0.15, -0.1) is 0 Å². The topological polar surface area (TPSA) is 43.8 Å². The van der Waals surface area contributed by atoms with E-state index >= 15 is 0 Å². The Labute approximate surface area is 91.9 Å². The molecule has 0 aromatic carbocycles. The normalized spacial score (nSPS) is 23.3. The van der Waals surface area contributed by atoms with Crippen molar-refractivity contribution < 1.29 is 9.90 Å². The van der Waals surface area contributed by atoms with Crippen LogP contribution in [0.15, 0.2) is 0 Å². The van der Waals surface area contributed by atoms with Gasteiger partial charge in [0.2, 0.25) is 0 Å². The Morgan fingerprint density at radius 2 is 2.20 bits per heavy atom. The van der Waals surface area contributed by atoms with Crippen molar-refractivity contribution in [3.05, 3.63) is 0 Å². The number of carboxylic acids is 1. The number of aliphatic carboxylic acids is 1. The van der Waals surface area contributed by atoms with E-state index < -0.39 is 5.97 Å². The van der Waals surface area contributed by atoms with Gasteiger partial charge in [0.1, 0.15) is 0 Å². The number of carbonyl (C=O) groups is 1. The molecule has 15 heavy (non-hydrogen) atoms. The van der Waals surface area contributed by atoms with Crippen LogP contribution in [0.3, 0.4) is 0 Å². The highest BCUT2D eigenvalue weighted by molar-refractivity contribution is 5.66. The molecule has 0 radical (unpaired) electrons. The third-order valence-electron chi connectivity index (χ3n) is 2.94. The summed E-state index contributed by atoms with van der Waals surface area (Å²) in [5.74, 6) is -0.691. The minimum absolute atomic E-state index is 0.268. The molecule has 1 rings (SSSR count). The SMILES string of the molecule is CN(C)CC1CCCCN1CCC(=O)O. The van der Waals surface area contributed by atoms with Gasteiger partial charge in [-0.1, -0.05) is 6.42 Å². The van der Waals surface area contributed by atoms with Crippen LogP contribution in [0, 0.1) is 0 Å². The molecule has 1 unspecified atom stereocenters. The smallest absolute Gasteiger partial charge is 0.304 e. The number of hydrogen-bond acceptors (Lipinski definition) is 3. The van der Waals surface area contributed by atoms with Gasteiger partial charge < -0.3 is 10.0 Å². The highest BCUT2D eigenvalue weighted by Crippen LogP contribution is 2.17. The lowest BCUT2D eigenvalue weighted by Crippen LogP contribution is -2.45. The van der Waals surface area contributed by atoms with Crippen molar-refractivity contribution in [3.8, 4) is 0 Å². The van der Waals surface area contributed by atoms with Gasteiger partial charge in [0.15, 0.2) is 0 Å². The van der Waals surface area contributed by atoms with Crippen LogP contribution in [0.1, 0.15) is 25.7 Å². The van der Waals surface area contributed by atoms with Crippen LogP contribution in [0.25, 0.3) is 0 Å². The summed E-state index contributed by atoms with van der Waals surface area (Å²) in [5.41, 5.74) is 0. The third kappa shape index (κ3) is 4.62. The molecule has 0 spiro atoms. The van der Waals surface area contributed by atoms with Crippen molar-refractivity contribution in [2.24, 2.45) is 0 Å². The molecule has 4 nitrogen and oxygen atoms in total. The van der Waals surface area contributed by atoms with E-state index in [1.165, 1.54) is 19.3 Å². The first-order chi connectivity index (χ1) is 7.09. The van der Waals surface area contributed by atoms with E-state index in [4.69, 9.17) is 5.11 Å². The molecule has 88 valence electrons. The van der Waals surface area contributed by atoms with Gasteiger partial charge in [0.05, 0.1) is 6.42 Å². The van der Waals surface area contributed by atoms with Gasteiger partial charge in [-0.05, 0) is 33.5 Å². The Bertz CT molecular complexity index is 207. The van der Waals surface area contributed by atoms with Crippen molar-refractivity contribution >= 4 is 5.97 Å². The molecule has 1 N–H and O–H groups in total. The van der Waals surface area contributed by atoms with E-state index in [1.54, 1.807) is 0 Å². The van der Waals surface area contributed by atoms with E-state index in [0.717, 1.165) is 13.1 Å². The maximum atomic E-state index is 10.5. The van der Waals surface area contributed by atoms with Gasteiger partial charge in [0.25, 0.3) is 0 Å². The molecule has 0 aromatic heterocycles. The first-order valence-electron chi connectivity index (χ1n) is 5.70. The second-order valence-corrected chi connectivity index (χ2v) is 4.59. The van der Waals surface area contributed by atoms with Gasteiger partial charge in [-0.3, -0.25) is 9.69 Å². The fourth-order valence-electron chi connectivity index (χ4n) is 2.22. The molecule has 1 heterocycles. The standard InChI is InChI=1S/C11H22N2O2/c1-12(2)9-10-5-3-4-7-13(10)8-6-11(14)15/h10H,3-9H2,1-2H3,(H,14,15). The summed E-state index contributed by atoms with van der Waals surface area (Å²) in [4.78, 5) is 15.0. The summed E-state index contributed by atoms with van der Waals surface area (Å²) >= 11 is 0. The van der Waals surface area contributed by atoms with Crippen LogP contribution in [-0.4, -0.2) is 60.6 Å². The second kappa shape index (κ2) is 6.08. The van der Waals surface area contributed by atoms with E-state index in [9.17, 15) is 4.79 Å². The lowest BCUT2D eigenvalue weighted by atomic mass is 10.0. The summed E-state index contributed by atoms with van der Waals surface area (Å²) < 4.78 is 0. The van der Waals surface area contributed by atoms with Gasteiger partial charge in [-0.2, -0.15) is 0 Å². The Hall–Kier alpha value is -0.610. The molecular formula is C11H22N2O2. The fourth-order valence-corrected chi connectivity index (χ4v) is 2.22. The molecule has 0 bridgehead atoms. The largest absolute Gasteiger partial charge is 0.481 e. The van der Waals surface area contributed by atoms with Gasteiger partial charge in [-0.25, -0.2) is 0 Å². The lowest BCUT2D eigenvalue weighted by Gasteiger charge is -2.36. The van der Waals surface area contributed by atoms with Crippen LogP contribution < -0.4 is 0 Å². The zero-order valence-corrected chi connectivity index (χ0v) is 9.78. The van der Waals surface area contributed by atoms with E-state index in [0.29, 0.717) is 12.6 Å². The average Bonchev–Trinajstić information content (AvgIpc) is 2.15. The molecule has 0 saturated carbocycles. The van der Waals surface area contributed by atoms with Gasteiger partial charge >= 0.3 is 5.97 Å². The molecular weight excluding hydrogens is 192 g/mol. The highest BCUT2D eigenvalue weighted by atomic mass is 16.4. The van der Waals surface area contributed by atoms with Crippen molar-refractivity contribution in [2.45, 2.75) is 31.7 Å². The molecule has 4 heteroatoms. The summed E-state index contributed by atoms with van der Waals surface area (Å²) in [6, 6.07) is 0.549. The zero-order chi connectivity index (χ0) is 11.3. The summed E-state index contributed by atoms with van der Waals surface area (Å²) in [5, 5.41) is 8.68. The number of carboxylic acid groups (broad SMARTS) is 1. The number of likely N-dealkylation sites (tertiary alicyclic amines) is 1. The monoisotopic (exact) mass is 214 g/mol. The van der Waals surface area contributed by atoms with Crippen LogP contribution in [0.5, 0.6) is 0 Å². The van der Waals surface area contributed by atoms with Crippen LogP contribution >= 0.6 is 0 Å².